The minimum absolute atomic E-state index is 0.0993. The van der Waals surface area contributed by atoms with Gasteiger partial charge in [0.25, 0.3) is 0 Å². The van der Waals surface area contributed by atoms with Crippen LogP contribution in [0, 0.1) is 0 Å². The minimum atomic E-state index is -0.900. The van der Waals surface area contributed by atoms with E-state index >= 15 is 0 Å². The number of methoxy groups -OCH3 is 1. The molecule has 0 aromatic carbocycles. The normalized spacial score (nSPS) is 14.4. The summed E-state index contributed by atoms with van der Waals surface area (Å²) in [6, 6.07) is 5.58. The monoisotopic (exact) mass is 242 g/mol. The molecule has 0 amide bonds. The van der Waals surface area contributed by atoms with E-state index < -0.39 is 10.8 Å². The number of pyridine rings is 1. The van der Waals surface area contributed by atoms with E-state index in [4.69, 9.17) is 10.5 Å². The van der Waals surface area contributed by atoms with E-state index in [0.29, 0.717) is 17.4 Å². The predicted octanol–water partition coefficient (Wildman–Crippen LogP) is 1.08. The standard InChI is InChI=1S/C11H18N2O2S/c1-9(12)6-7-16(14)8-10-4-3-5-11(13-10)15-2/h3-5,9H,6-8,12H2,1-2H3. The largest absolute Gasteiger partial charge is 0.481 e. The fourth-order valence-corrected chi connectivity index (χ4v) is 2.48. The molecule has 0 saturated heterocycles. The van der Waals surface area contributed by atoms with Gasteiger partial charge in [0.1, 0.15) is 0 Å². The third-order valence-electron chi connectivity index (χ3n) is 2.10. The lowest BCUT2D eigenvalue weighted by molar-refractivity contribution is 0.397. The molecule has 0 spiro atoms. The first-order valence-electron chi connectivity index (χ1n) is 5.22. The van der Waals surface area contributed by atoms with Crippen LogP contribution < -0.4 is 10.5 Å². The summed E-state index contributed by atoms with van der Waals surface area (Å²) in [5, 5.41) is 0. The second-order valence-corrected chi connectivity index (χ2v) is 5.30. The quantitative estimate of drug-likeness (QED) is 0.810. The molecule has 1 aromatic heterocycles. The van der Waals surface area contributed by atoms with Crippen molar-refractivity contribution in [1.82, 2.24) is 4.98 Å². The molecule has 0 aliphatic carbocycles. The minimum Gasteiger partial charge on any atom is -0.481 e. The second-order valence-electron chi connectivity index (χ2n) is 3.73. The van der Waals surface area contributed by atoms with Crippen molar-refractivity contribution >= 4 is 10.8 Å². The molecule has 1 aromatic rings. The lowest BCUT2D eigenvalue weighted by Gasteiger charge is -2.05. The molecule has 0 fully saturated rings. The predicted molar refractivity (Wildman–Crippen MR) is 65.8 cm³/mol. The Bertz CT molecular complexity index is 356. The highest BCUT2D eigenvalue weighted by atomic mass is 32.2. The molecule has 90 valence electrons. The Balaban J connectivity index is 2.49. The highest BCUT2D eigenvalue weighted by molar-refractivity contribution is 7.84. The average molecular weight is 242 g/mol. The Morgan fingerprint density at radius 2 is 2.31 bits per heavy atom. The Morgan fingerprint density at radius 1 is 1.56 bits per heavy atom. The van der Waals surface area contributed by atoms with E-state index in [9.17, 15) is 4.21 Å². The van der Waals surface area contributed by atoms with Gasteiger partial charge in [-0.1, -0.05) is 6.07 Å². The number of aromatic nitrogens is 1. The zero-order valence-electron chi connectivity index (χ0n) is 9.68. The van der Waals surface area contributed by atoms with Crippen LogP contribution in [-0.2, 0) is 16.6 Å². The molecule has 4 nitrogen and oxygen atoms in total. The van der Waals surface area contributed by atoms with Crippen molar-refractivity contribution in [3.8, 4) is 5.88 Å². The molecule has 2 N–H and O–H groups in total. The fourth-order valence-electron chi connectivity index (χ4n) is 1.21. The molecule has 0 radical (unpaired) electrons. The maximum Gasteiger partial charge on any atom is 0.213 e. The van der Waals surface area contributed by atoms with Gasteiger partial charge in [-0.2, -0.15) is 0 Å². The summed E-state index contributed by atoms with van der Waals surface area (Å²) in [6.45, 7) is 1.92. The van der Waals surface area contributed by atoms with Crippen LogP contribution in [0.2, 0.25) is 0 Å². The number of rotatable bonds is 6. The van der Waals surface area contributed by atoms with Crippen molar-refractivity contribution in [1.29, 1.82) is 0 Å². The van der Waals surface area contributed by atoms with Crippen molar-refractivity contribution < 1.29 is 8.95 Å². The third-order valence-corrected chi connectivity index (χ3v) is 3.41. The van der Waals surface area contributed by atoms with E-state index in [1.165, 1.54) is 0 Å². The number of ether oxygens (including phenoxy) is 1. The SMILES string of the molecule is COc1cccc(CS(=O)CCC(C)N)n1. The number of nitrogens with zero attached hydrogens (tertiary/aromatic N) is 1. The first-order valence-corrected chi connectivity index (χ1v) is 6.71. The summed E-state index contributed by atoms with van der Waals surface area (Å²) in [5.41, 5.74) is 6.40. The molecule has 5 heteroatoms. The summed E-state index contributed by atoms with van der Waals surface area (Å²) < 4.78 is 16.7. The van der Waals surface area contributed by atoms with Crippen LogP contribution in [0.15, 0.2) is 18.2 Å². The number of nitrogens with two attached hydrogens (primary N) is 1. The zero-order valence-corrected chi connectivity index (χ0v) is 10.5. The maximum absolute atomic E-state index is 11.7. The maximum atomic E-state index is 11.7. The molecule has 1 rings (SSSR count). The Kier molecular flexibility index (Phi) is 5.42. The Morgan fingerprint density at radius 3 is 2.94 bits per heavy atom. The third kappa shape index (κ3) is 4.72. The van der Waals surface area contributed by atoms with Gasteiger partial charge in [-0.15, -0.1) is 0 Å². The van der Waals surface area contributed by atoms with E-state index in [1.807, 2.05) is 19.1 Å². The first-order chi connectivity index (χ1) is 7.61. The Labute approximate surface area is 98.7 Å². The van der Waals surface area contributed by atoms with Crippen LogP contribution in [0.4, 0.5) is 0 Å². The van der Waals surface area contributed by atoms with E-state index in [1.54, 1.807) is 13.2 Å². The smallest absolute Gasteiger partial charge is 0.213 e. The fraction of sp³-hybridized carbons (Fsp3) is 0.545. The molecule has 0 aliphatic rings. The number of hydrogen-bond donors (Lipinski definition) is 1. The summed E-state index contributed by atoms with van der Waals surface area (Å²) in [6.07, 6.45) is 0.774. The lowest BCUT2D eigenvalue weighted by atomic mass is 10.3. The van der Waals surface area contributed by atoms with E-state index in [-0.39, 0.29) is 6.04 Å². The number of hydrogen-bond acceptors (Lipinski definition) is 4. The molecule has 1 heterocycles. The van der Waals surface area contributed by atoms with Crippen LogP contribution in [0.25, 0.3) is 0 Å². The molecule has 2 atom stereocenters. The molecule has 2 unspecified atom stereocenters. The van der Waals surface area contributed by atoms with Crippen molar-refractivity contribution in [3.63, 3.8) is 0 Å². The summed E-state index contributed by atoms with van der Waals surface area (Å²) in [4.78, 5) is 4.21. The van der Waals surface area contributed by atoms with E-state index in [0.717, 1.165) is 12.1 Å². The van der Waals surface area contributed by atoms with Gasteiger partial charge in [-0.05, 0) is 19.4 Å². The van der Waals surface area contributed by atoms with Crippen LogP contribution >= 0.6 is 0 Å². The van der Waals surface area contributed by atoms with Crippen molar-refractivity contribution in [2.45, 2.75) is 25.1 Å². The van der Waals surface area contributed by atoms with Gasteiger partial charge >= 0.3 is 0 Å². The van der Waals surface area contributed by atoms with Crippen LogP contribution in [0.1, 0.15) is 19.0 Å². The average Bonchev–Trinajstić information content (AvgIpc) is 2.26. The highest BCUT2D eigenvalue weighted by Gasteiger charge is 2.05. The van der Waals surface area contributed by atoms with Crippen LogP contribution in [0.3, 0.4) is 0 Å². The molecule has 0 bridgehead atoms. The molecular weight excluding hydrogens is 224 g/mol. The lowest BCUT2D eigenvalue weighted by Crippen LogP contribution is -2.18. The second kappa shape index (κ2) is 6.60. The summed E-state index contributed by atoms with van der Waals surface area (Å²) in [7, 11) is 0.669. The molecule has 16 heavy (non-hydrogen) atoms. The molecule has 0 saturated carbocycles. The van der Waals surface area contributed by atoms with Gasteiger partial charge in [0.2, 0.25) is 5.88 Å². The van der Waals surface area contributed by atoms with Crippen LogP contribution in [0.5, 0.6) is 5.88 Å². The van der Waals surface area contributed by atoms with Gasteiger partial charge in [0.15, 0.2) is 0 Å². The molecular formula is C11H18N2O2S. The zero-order chi connectivity index (χ0) is 12.0. The van der Waals surface area contributed by atoms with Crippen molar-refractivity contribution in [3.05, 3.63) is 23.9 Å². The van der Waals surface area contributed by atoms with Gasteiger partial charge in [-0.3, -0.25) is 4.21 Å². The van der Waals surface area contributed by atoms with Gasteiger partial charge in [0.05, 0.1) is 18.6 Å². The molecule has 0 aliphatic heterocycles. The van der Waals surface area contributed by atoms with Crippen LogP contribution in [-0.4, -0.2) is 28.1 Å². The van der Waals surface area contributed by atoms with Gasteiger partial charge in [0, 0.05) is 28.7 Å². The van der Waals surface area contributed by atoms with Gasteiger partial charge < -0.3 is 10.5 Å². The topological polar surface area (TPSA) is 65.2 Å². The van der Waals surface area contributed by atoms with Crippen molar-refractivity contribution in [2.75, 3.05) is 12.9 Å². The van der Waals surface area contributed by atoms with E-state index in [2.05, 4.69) is 4.98 Å². The summed E-state index contributed by atoms with van der Waals surface area (Å²) >= 11 is 0. The van der Waals surface area contributed by atoms with Gasteiger partial charge in [-0.25, -0.2) is 4.98 Å². The highest BCUT2D eigenvalue weighted by Crippen LogP contribution is 2.09. The summed E-state index contributed by atoms with van der Waals surface area (Å²) in [5.74, 6) is 1.64. The first kappa shape index (κ1) is 13.1. The Hall–Kier alpha value is -0.940. The van der Waals surface area contributed by atoms with Crippen molar-refractivity contribution in [2.24, 2.45) is 5.73 Å².